The lowest BCUT2D eigenvalue weighted by molar-refractivity contribution is -0.329. The van der Waals surface area contributed by atoms with Crippen molar-refractivity contribution in [2.75, 3.05) is 14.1 Å². The number of benzene rings is 1. The monoisotopic (exact) mass is 381 g/mol. The third-order valence-electron chi connectivity index (χ3n) is 2.87. The topological polar surface area (TPSA) is 72.8 Å². The number of rotatable bonds is 3. The fourth-order valence-corrected chi connectivity index (χ4v) is 3.03. The minimum Gasteiger partial charge on any atom is -0.860 e. The van der Waals surface area contributed by atoms with E-state index in [1.807, 2.05) is 0 Å². The molecule has 0 radical (unpaired) electrons. The number of halogens is 1. The third kappa shape index (κ3) is 3.66. The highest BCUT2D eigenvalue weighted by atomic mass is 79.9. The summed E-state index contributed by atoms with van der Waals surface area (Å²) in [6, 6.07) is 6.16. The van der Waals surface area contributed by atoms with E-state index in [1.165, 1.54) is 23.1 Å². The molecule has 7 heteroatoms. The molecule has 0 unspecified atom stereocenters. The molecule has 0 atom stereocenters. The van der Waals surface area contributed by atoms with Crippen LogP contribution >= 0.6 is 15.9 Å². The first-order valence-electron chi connectivity index (χ1n) is 6.35. The summed E-state index contributed by atoms with van der Waals surface area (Å²) in [6.07, 6.45) is 6.37. The normalized spacial score (nSPS) is 18.6. The molecule has 1 aromatic carbocycles. The zero-order valence-electron chi connectivity index (χ0n) is 12.0. The molecule has 0 aromatic heterocycles. The molecule has 0 amide bonds. The Morgan fingerprint density at radius 1 is 1.14 bits per heavy atom. The second-order valence-corrected chi connectivity index (χ2v) is 7.26. The van der Waals surface area contributed by atoms with Crippen LogP contribution in [0.1, 0.15) is 0 Å². The summed E-state index contributed by atoms with van der Waals surface area (Å²) >= 11 is 3.25. The Labute approximate surface area is 138 Å². The average Bonchev–Trinajstić information content (AvgIpc) is 2.47. The molecular formula is C15H14BrN2O3S-. The van der Waals surface area contributed by atoms with Crippen molar-refractivity contribution in [1.82, 2.24) is 4.90 Å². The van der Waals surface area contributed by atoms with Crippen LogP contribution in [0.2, 0.25) is 0 Å². The lowest BCUT2D eigenvalue weighted by atomic mass is 10.1. The summed E-state index contributed by atoms with van der Waals surface area (Å²) in [4.78, 5) is 1.45. The van der Waals surface area contributed by atoms with Crippen LogP contribution in [-0.4, -0.2) is 33.1 Å². The molecule has 0 spiro atoms. The third-order valence-corrected chi connectivity index (χ3v) is 4.70. The highest BCUT2D eigenvalue weighted by Gasteiger charge is 2.16. The molecule has 116 valence electrons. The molecule has 2 rings (SSSR count). The fourth-order valence-electron chi connectivity index (χ4n) is 1.76. The molecule has 0 saturated carbocycles. The summed E-state index contributed by atoms with van der Waals surface area (Å²) in [6.45, 7) is 0. The predicted molar refractivity (Wildman–Crippen MR) is 87.8 cm³/mol. The lowest BCUT2D eigenvalue weighted by Gasteiger charge is -2.26. The highest BCUT2D eigenvalue weighted by Crippen LogP contribution is 2.19. The van der Waals surface area contributed by atoms with E-state index in [2.05, 4.69) is 20.3 Å². The van der Waals surface area contributed by atoms with E-state index >= 15 is 0 Å². The van der Waals surface area contributed by atoms with Crippen LogP contribution in [0, 0.1) is 0 Å². The van der Waals surface area contributed by atoms with E-state index in [-0.39, 0.29) is 22.1 Å². The van der Waals surface area contributed by atoms with Crippen LogP contribution in [0.25, 0.3) is 0 Å². The highest BCUT2D eigenvalue weighted by molar-refractivity contribution is 9.10. The number of hydrogen-bond donors (Lipinski definition) is 0. The van der Waals surface area contributed by atoms with Crippen molar-refractivity contribution >= 4 is 31.7 Å². The standard InChI is InChI=1S/C15H15BrN2O3S/c1-18(2)15(19)13-5-3-4-6-14(13)17-22(20,21)12-9-7-11(16)8-10-12/h3-10,19H,1-2H3/p-1. The fraction of sp³-hybridized carbons (Fsp3) is 0.133. The van der Waals surface area contributed by atoms with Gasteiger partial charge in [0.25, 0.3) is 10.0 Å². The maximum atomic E-state index is 12.4. The van der Waals surface area contributed by atoms with E-state index in [0.29, 0.717) is 0 Å². The van der Waals surface area contributed by atoms with Gasteiger partial charge in [0.2, 0.25) is 0 Å². The Bertz CT molecular complexity index is 789. The van der Waals surface area contributed by atoms with Crippen molar-refractivity contribution in [3.8, 4) is 0 Å². The number of nitrogens with zero attached hydrogens (tertiary/aromatic N) is 2. The Hall–Kier alpha value is -1.86. The Balaban J connectivity index is 2.50. The van der Waals surface area contributed by atoms with Crippen molar-refractivity contribution in [3.05, 3.63) is 64.5 Å². The predicted octanol–water partition coefficient (Wildman–Crippen LogP) is 1.84. The molecule has 5 nitrogen and oxygen atoms in total. The molecule has 0 fully saturated rings. The molecular weight excluding hydrogens is 368 g/mol. The Morgan fingerprint density at radius 2 is 1.73 bits per heavy atom. The van der Waals surface area contributed by atoms with E-state index in [0.717, 1.165) is 4.47 Å². The van der Waals surface area contributed by atoms with Gasteiger partial charge in [0.15, 0.2) is 0 Å². The average molecular weight is 382 g/mol. The van der Waals surface area contributed by atoms with Gasteiger partial charge >= 0.3 is 0 Å². The molecule has 0 saturated heterocycles. The van der Waals surface area contributed by atoms with Gasteiger partial charge in [-0.25, -0.2) is 0 Å². The molecule has 0 aliphatic heterocycles. The largest absolute Gasteiger partial charge is 0.860 e. The molecule has 1 aliphatic rings. The van der Waals surface area contributed by atoms with Crippen molar-refractivity contribution in [2.45, 2.75) is 4.90 Å². The quantitative estimate of drug-likeness (QED) is 0.748. The van der Waals surface area contributed by atoms with Gasteiger partial charge < -0.3 is 10.0 Å². The smallest absolute Gasteiger partial charge is 0.282 e. The summed E-state index contributed by atoms with van der Waals surface area (Å²) in [5, 5.41) is 12.1. The first kappa shape index (κ1) is 16.5. The van der Waals surface area contributed by atoms with Crippen molar-refractivity contribution < 1.29 is 13.5 Å². The Kier molecular flexibility index (Phi) is 4.87. The van der Waals surface area contributed by atoms with Crippen LogP contribution in [0.4, 0.5) is 0 Å². The zero-order valence-corrected chi connectivity index (χ0v) is 14.4. The first-order valence-corrected chi connectivity index (χ1v) is 8.59. The van der Waals surface area contributed by atoms with Crippen LogP contribution < -0.4 is 5.11 Å². The van der Waals surface area contributed by atoms with E-state index < -0.39 is 10.0 Å². The summed E-state index contributed by atoms with van der Waals surface area (Å²) in [5.74, 6) is -0.301. The van der Waals surface area contributed by atoms with E-state index in [1.54, 1.807) is 44.5 Å². The van der Waals surface area contributed by atoms with Gasteiger partial charge in [-0.15, -0.1) is 0 Å². The Morgan fingerprint density at radius 3 is 2.32 bits per heavy atom. The molecule has 1 aliphatic carbocycles. The van der Waals surface area contributed by atoms with Gasteiger partial charge in [-0.1, -0.05) is 34.2 Å². The van der Waals surface area contributed by atoms with Crippen molar-refractivity contribution in [3.63, 3.8) is 0 Å². The second-order valence-electron chi connectivity index (χ2n) is 4.74. The zero-order chi connectivity index (χ0) is 16.3. The van der Waals surface area contributed by atoms with Gasteiger partial charge in [0.05, 0.1) is 10.6 Å². The number of hydrogen-bond acceptors (Lipinski definition) is 4. The maximum absolute atomic E-state index is 12.4. The van der Waals surface area contributed by atoms with Gasteiger partial charge in [-0.05, 0) is 36.2 Å². The minimum atomic E-state index is -3.88. The van der Waals surface area contributed by atoms with Crippen molar-refractivity contribution in [1.29, 1.82) is 0 Å². The molecule has 22 heavy (non-hydrogen) atoms. The van der Waals surface area contributed by atoms with Crippen molar-refractivity contribution in [2.24, 2.45) is 4.40 Å². The van der Waals surface area contributed by atoms with Gasteiger partial charge in [-0.2, -0.15) is 12.8 Å². The number of allylic oxidation sites excluding steroid dienone is 5. The molecule has 1 aromatic rings. The lowest BCUT2D eigenvalue weighted by Crippen LogP contribution is -2.26. The minimum absolute atomic E-state index is 0.0720. The maximum Gasteiger partial charge on any atom is 0.282 e. The second kappa shape index (κ2) is 6.50. The SMILES string of the molecule is CN(C)C([O-])=C1C=CC=CC1=NS(=O)(=O)c1ccc(Br)cc1. The van der Waals surface area contributed by atoms with Crippen LogP contribution in [0.3, 0.4) is 0 Å². The summed E-state index contributed by atoms with van der Waals surface area (Å²) < 4.78 is 29.3. The molecule has 0 N–H and O–H groups in total. The summed E-state index contributed by atoms with van der Waals surface area (Å²) in [5.41, 5.74) is 0.373. The van der Waals surface area contributed by atoms with E-state index in [9.17, 15) is 13.5 Å². The van der Waals surface area contributed by atoms with Gasteiger partial charge in [0.1, 0.15) is 0 Å². The van der Waals surface area contributed by atoms with Gasteiger partial charge in [-0.3, -0.25) is 0 Å². The van der Waals surface area contributed by atoms with E-state index in [4.69, 9.17) is 0 Å². The molecule has 0 heterocycles. The molecule has 0 bridgehead atoms. The van der Waals surface area contributed by atoms with Gasteiger partial charge in [0, 0.05) is 24.1 Å². The first-order chi connectivity index (χ1) is 10.3. The summed E-state index contributed by atoms with van der Waals surface area (Å²) in [7, 11) is -0.679. The van der Waals surface area contributed by atoms with Crippen LogP contribution in [-0.2, 0) is 10.0 Å². The number of sulfonamides is 1. The van der Waals surface area contributed by atoms with Crippen LogP contribution in [0.5, 0.6) is 0 Å². The van der Waals surface area contributed by atoms with Crippen LogP contribution in [0.15, 0.2) is 73.8 Å².